The summed E-state index contributed by atoms with van der Waals surface area (Å²) in [7, 11) is 0. The van der Waals surface area contributed by atoms with Crippen LogP contribution >= 0.6 is 11.3 Å². The lowest BCUT2D eigenvalue weighted by Gasteiger charge is -2.33. The lowest BCUT2D eigenvalue weighted by Crippen LogP contribution is -2.45. The average Bonchev–Trinajstić information content (AvgIpc) is 2.64. The molecule has 4 heteroatoms. The predicted molar refractivity (Wildman–Crippen MR) is 88.6 cm³/mol. The summed E-state index contributed by atoms with van der Waals surface area (Å²) < 4.78 is 0. The van der Waals surface area contributed by atoms with Crippen LogP contribution in [0.25, 0.3) is 0 Å². The number of amides is 1. The van der Waals surface area contributed by atoms with Crippen molar-refractivity contribution in [3.63, 3.8) is 0 Å². The van der Waals surface area contributed by atoms with Gasteiger partial charge < -0.3 is 10.4 Å². The van der Waals surface area contributed by atoms with E-state index in [1.165, 1.54) is 11.3 Å². The third kappa shape index (κ3) is 5.91. The third-order valence-electron chi connectivity index (χ3n) is 2.85. The number of hydrogen-bond donors (Lipinski definition) is 2. The molecule has 0 aliphatic carbocycles. The summed E-state index contributed by atoms with van der Waals surface area (Å²) in [6.45, 7) is 12.3. The van der Waals surface area contributed by atoms with Crippen molar-refractivity contribution in [3.8, 4) is 11.8 Å². The lowest BCUT2D eigenvalue weighted by molar-refractivity contribution is 0.0895. The monoisotopic (exact) mass is 307 g/mol. The molecular weight excluding hydrogens is 282 g/mol. The van der Waals surface area contributed by atoms with Crippen molar-refractivity contribution in [2.45, 2.75) is 53.5 Å². The van der Waals surface area contributed by atoms with E-state index in [0.717, 1.165) is 16.9 Å². The van der Waals surface area contributed by atoms with Gasteiger partial charge in [0.25, 0.3) is 5.91 Å². The molecule has 0 saturated carbocycles. The Balaban J connectivity index is 2.85. The minimum Gasteiger partial charge on any atom is -0.384 e. The maximum atomic E-state index is 12.4. The molecule has 2 N–H and O–H groups in total. The smallest absolute Gasteiger partial charge is 0.261 e. The van der Waals surface area contributed by atoms with E-state index in [1.54, 1.807) is 0 Å². The summed E-state index contributed by atoms with van der Waals surface area (Å²) in [5.41, 5.74) is 0.865. The lowest BCUT2D eigenvalue weighted by atomic mass is 9.82. The molecule has 0 spiro atoms. The van der Waals surface area contributed by atoms with Gasteiger partial charge in [-0.15, -0.1) is 11.3 Å². The second-order valence-electron chi connectivity index (χ2n) is 7.16. The van der Waals surface area contributed by atoms with Crippen LogP contribution < -0.4 is 5.32 Å². The zero-order valence-electron chi connectivity index (χ0n) is 13.8. The highest BCUT2D eigenvalue weighted by Crippen LogP contribution is 2.28. The third-order valence-corrected chi connectivity index (χ3v) is 4.00. The van der Waals surface area contributed by atoms with Crippen LogP contribution in [-0.4, -0.2) is 23.2 Å². The van der Waals surface area contributed by atoms with E-state index in [9.17, 15) is 4.79 Å². The molecule has 0 unspecified atom stereocenters. The number of carbonyl (C=O) groups excluding carboxylic acids is 1. The van der Waals surface area contributed by atoms with Crippen molar-refractivity contribution >= 4 is 17.2 Å². The van der Waals surface area contributed by atoms with Gasteiger partial charge >= 0.3 is 0 Å². The van der Waals surface area contributed by atoms with E-state index in [1.807, 2.05) is 26.8 Å². The molecule has 0 fully saturated rings. The summed E-state index contributed by atoms with van der Waals surface area (Å²) in [5, 5.41) is 11.8. The molecule has 1 amide bonds. The molecule has 0 aliphatic heterocycles. The molecule has 0 atom stereocenters. The van der Waals surface area contributed by atoms with Gasteiger partial charge in [-0.25, -0.2) is 0 Å². The van der Waals surface area contributed by atoms with Crippen molar-refractivity contribution in [2.75, 3.05) is 6.61 Å². The zero-order chi connectivity index (χ0) is 16.3. The summed E-state index contributed by atoms with van der Waals surface area (Å²) >= 11 is 1.37. The van der Waals surface area contributed by atoms with Crippen molar-refractivity contribution in [3.05, 3.63) is 21.4 Å². The largest absolute Gasteiger partial charge is 0.384 e. The normalized spacial score (nSPS) is 11.8. The van der Waals surface area contributed by atoms with E-state index in [4.69, 9.17) is 5.11 Å². The highest BCUT2D eigenvalue weighted by molar-refractivity contribution is 7.14. The van der Waals surface area contributed by atoms with Gasteiger partial charge in [-0.1, -0.05) is 32.6 Å². The van der Waals surface area contributed by atoms with E-state index < -0.39 is 0 Å². The van der Waals surface area contributed by atoms with Crippen LogP contribution in [0, 0.1) is 24.2 Å². The fraction of sp³-hybridized carbons (Fsp3) is 0.588. The fourth-order valence-electron chi connectivity index (χ4n) is 2.58. The summed E-state index contributed by atoms with van der Waals surface area (Å²) in [5.74, 6) is 5.44. The molecule has 1 heterocycles. The van der Waals surface area contributed by atoms with Gasteiger partial charge in [-0.2, -0.15) is 0 Å². The first kappa shape index (κ1) is 17.7. The molecule has 0 aliphatic rings. The molecule has 1 aromatic heterocycles. The Labute approximate surface area is 131 Å². The number of aliphatic hydroxyl groups excluding tert-OH is 1. The van der Waals surface area contributed by atoms with Crippen LogP contribution in [0.4, 0.5) is 0 Å². The van der Waals surface area contributed by atoms with Gasteiger partial charge in [0.05, 0.1) is 9.75 Å². The van der Waals surface area contributed by atoms with Gasteiger partial charge in [-0.3, -0.25) is 4.79 Å². The Kier molecular flexibility index (Phi) is 5.61. The number of aliphatic hydroxyl groups is 1. The number of hydrogen-bond acceptors (Lipinski definition) is 3. The Morgan fingerprint density at radius 3 is 2.48 bits per heavy atom. The molecule has 3 nitrogen and oxygen atoms in total. The van der Waals surface area contributed by atoms with Crippen molar-refractivity contribution < 1.29 is 9.90 Å². The summed E-state index contributed by atoms with van der Waals surface area (Å²) in [4.78, 5) is 13.9. The highest BCUT2D eigenvalue weighted by atomic mass is 32.1. The number of carbonyl (C=O) groups is 1. The van der Waals surface area contributed by atoms with Crippen LogP contribution in [0.5, 0.6) is 0 Å². The SMILES string of the molecule is Cc1cc(C(=O)NC(C)(C)CC(C)(C)C)sc1C#CCO. The van der Waals surface area contributed by atoms with Crippen LogP contribution in [0.2, 0.25) is 0 Å². The van der Waals surface area contributed by atoms with Gasteiger partial charge in [-0.05, 0) is 44.2 Å². The van der Waals surface area contributed by atoms with Crippen LogP contribution in [0.1, 0.15) is 61.2 Å². The van der Waals surface area contributed by atoms with Crippen molar-refractivity contribution in [1.82, 2.24) is 5.32 Å². The molecular formula is C17H25NO2S. The number of aryl methyl sites for hydroxylation is 1. The molecule has 0 saturated heterocycles. The molecule has 1 aromatic rings. The Morgan fingerprint density at radius 1 is 1.33 bits per heavy atom. The first-order valence-corrected chi connectivity index (χ1v) is 7.88. The van der Waals surface area contributed by atoms with E-state index >= 15 is 0 Å². The van der Waals surface area contributed by atoms with Crippen molar-refractivity contribution in [2.24, 2.45) is 5.41 Å². The molecule has 116 valence electrons. The molecule has 0 radical (unpaired) electrons. The standard InChI is InChI=1S/C17H25NO2S/c1-12-10-14(21-13(12)8-7-9-19)15(20)18-17(5,6)11-16(2,3)4/h10,19H,9,11H2,1-6H3,(H,18,20). The first-order valence-electron chi connectivity index (χ1n) is 7.07. The number of rotatable bonds is 3. The van der Waals surface area contributed by atoms with Gasteiger partial charge in [0.1, 0.15) is 6.61 Å². The van der Waals surface area contributed by atoms with Gasteiger partial charge in [0.15, 0.2) is 0 Å². The first-order chi connectivity index (χ1) is 9.54. The highest BCUT2D eigenvalue weighted by Gasteiger charge is 2.27. The maximum Gasteiger partial charge on any atom is 0.261 e. The van der Waals surface area contributed by atoms with E-state index in [0.29, 0.717) is 4.88 Å². The molecule has 1 rings (SSSR count). The molecule has 0 bridgehead atoms. The minimum absolute atomic E-state index is 0.0607. The Bertz CT molecular complexity index is 568. The fourth-order valence-corrected chi connectivity index (χ4v) is 3.52. The summed E-state index contributed by atoms with van der Waals surface area (Å²) in [6, 6.07) is 1.86. The van der Waals surface area contributed by atoms with Gasteiger partial charge in [0.2, 0.25) is 0 Å². The van der Waals surface area contributed by atoms with Crippen LogP contribution in [-0.2, 0) is 0 Å². The zero-order valence-corrected chi connectivity index (χ0v) is 14.6. The van der Waals surface area contributed by atoms with E-state index in [-0.39, 0.29) is 23.5 Å². The second-order valence-corrected chi connectivity index (χ2v) is 8.21. The minimum atomic E-state index is -0.260. The van der Waals surface area contributed by atoms with E-state index in [2.05, 4.69) is 37.9 Å². The molecule has 0 aromatic carbocycles. The summed E-state index contributed by atoms with van der Waals surface area (Å²) in [6.07, 6.45) is 0.896. The van der Waals surface area contributed by atoms with Crippen LogP contribution in [0.15, 0.2) is 6.07 Å². The van der Waals surface area contributed by atoms with Crippen molar-refractivity contribution in [1.29, 1.82) is 0 Å². The second kappa shape index (κ2) is 6.64. The quantitative estimate of drug-likeness (QED) is 0.841. The number of thiophene rings is 1. The molecule has 21 heavy (non-hydrogen) atoms. The van der Waals surface area contributed by atoms with Gasteiger partial charge in [0, 0.05) is 5.54 Å². The average molecular weight is 307 g/mol. The number of nitrogens with one attached hydrogen (secondary N) is 1. The predicted octanol–water partition coefficient (Wildman–Crippen LogP) is 3.34. The maximum absolute atomic E-state index is 12.4. The topological polar surface area (TPSA) is 49.3 Å². The Morgan fingerprint density at radius 2 is 1.95 bits per heavy atom. The Hall–Kier alpha value is -1.31. The van der Waals surface area contributed by atoms with Crippen LogP contribution in [0.3, 0.4) is 0 Å².